The smallest absolute Gasteiger partial charge is 0.241 e. The van der Waals surface area contributed by atoms with E-state index in [1.54, 1.807) is 30.3 Å². The van der Waals surface area contributed by atoms with Gasteiger partial charge < -0.3 is 10.6 Å². The van der Waals surface area contributed by atoms with Gasteiger partial charge >= 0.3 is 0 Å². The number of benzene rings is 2. The summed E-state index contributed by atoms with van der Waals surface area (Å²) in [6.45, 7) is 1.09. The second kappa shape index (κ2) is 9.37. The molecule has 0 bridgehead atoms. The standard InChI is InChI=1S/C20H20Cl2FN3O2/c21-14-5-8-17(16(22)10-14)25-20(28)18-2-1-9-26(18)12-19(27)24-11-13-3-6-15(23)7-4-13/h3-8,10,18H,1-2,9,11-12H2,(H,24,27)(H,25,28). The van der Waals surface area contributed by atoms with Crippen LogP contribution >= 0.6 is 23.2 Å². The van der Waals surface area contributed by atoms with Crippen molar-refractivity contribution < 1.29 is 14.0 Å². The van der Waals surface area contributed by atoms with Crippen molar-refractivity contribution in [3.8, 4) is 0 Å². The molecular formula is C20H20Cl2FN3O2. The van der Waals surface area contributed by atoms with Crippen LogP contribution in [0.2, 0.25) is 10.0 Å². The summed E-state index contributed by atoms with van der Waals surface area (Å²) >= 11 is 12.0. The van der Waals surface area contributed by atoms with Crippen molar-refractivity contribution in [2.24, 2.45) is 0 Å². The predicted octanol–water partition coefficient (Wildman–Crippen LogP) is 3.85. The minimum absolute atomic E-state index is 0.119. The van der Waals surface area contributed by atoms with Gasteiger partial charge in [-0.25, -0.2) is 4.39 Å². The van der Waals surface area contributed by atoms with Crippen LogP contribution in [0.1, 0.15) is 18.4 Å². The molecule has 5 nitrogen and oxygen atoms in total. The number of carbonyl (C=O) groups excluding carboxylic acids is 2. The maximum atomic E-state index is 12.9. The Hall–Kier alpha value is -2.15. The van der Waals surface area contributed by atoms with Gasteiger partial charge in [0.2, 0.25) is 11.8 Å². The highest BCUT2D eigenvalue weighted by Gasteiger charge is 2.32. The van der Waals surface area contributed by atoms with E-state index in [2.05, 4.69) is 10.6 Å². The number of hydrogen-bond donors (Lipinski definition) is 2. The van der Waals surface area contributed by atoms with Gasteiger partial charge in [0.05, 0.1) is 23.3 Å². The first kappa shape index (κ1) is 20.6. The molecule has 28 heavy (non-hydrogen) atoms. The van der Waals surface area contributed by atoms with Gasteiger partial charge in [0, 0.05) is 11.6 Å². The zero-order valence-electron chi connectivity index (χ0n) is 15.1. The molecule has 2 N–H and O–H groups in total. The molecule has 2 aromatic carbocycles. The molecule has 3 rings (SSSR count). The summed E-state index contributed by atoms with van der Waals surface area (Å²) in [5.41, 5.74) is 1.30. The van der Waals surface area contributed by atoms with E-state index in [1.807, 2.05) is 4.90 Å². The summed E-state index contributed by atoms with van der Waals surface area (Å²) in [6, 6.07) is 10.4. The van der Waals surface area contributed by atoms with Crippen LogP contribution in [0, 0.1) is 5.82 Å². The molecule has 148 valence electrons. The summed E-state index contributed by atoms with van der Waals surface area (Å²) in [7, 11) is 0. The molecule has 0 aliphatic carbocycles. The molecule has 1 fully saturated rings. The van der Waals surface area contributed by atoms with Crippen LogP contribution in [-0.2, 0) is 16.1 Å². The summed E-state index contributed by atoms with van der Waals surface area (Å²) in [4.78, 5) is 26.8. The third-order valence-electron chi connectivity index (χ3n) is 4.60. The van der Waals surface area contributed by atoms with E-state index in [-0.39, 0.29) is 24.2 Å². The first-order valence-corrected chi connectivity index (χ1v) is 9.69. The first-order chi connectivity index (χ1) is 13.4. The second-order valence-corrected chi connectivity index (χ2v) is 7.49. The quantitative estimate of drug-likeness (QED) is 0.741. The van der Waals surface area contributed by atoms with Crippen LogP contribution in [0.3, 0.4) is 0 Å². The van der Waals surface area contributed by atoms with E-state index < -0.39 is 6.04 Å². The van der Waals surface area contributed by atoms with Gasteiger partial charge in [0.25, 0.3) is 0 Å². The molecule has 0 spiro atoms. The van der Waals surface area contributed by atoms with Crippen LogP contribution in [0.15, 0.2) is 42.5 Å². The van der Waals surface area contributed by atoms with E-state index in [0.717, 1.165) is 12.0 Å². The molecule has 0 radical (unpaired) electrons. The number of carbonyl (C=O) groups is 2. The van der Waals surface area contributed by atoms with Crippen LogP contribution in [0.25, 0.3) is 0 Å². The summed E-state index contributed by atoms with van der Waals surface area (Å²) in [5, 5.41) is 6.46. The zero-order chi connectivity index (χ0) is 20.1. The number of anilines is 1. The Morgan fingerprint density at radius 1 is 1.14 bits per heavy atom. The zero-order valence-corrected chi connectivity index (χ0v) is 16.6. The average Bonchev–Trinajstić information content (AvgIpc) is 3.11. The van der Waals surface area contributed by atoms with Crippen molar-refractivity contribution >= 4 is 40.7 Å². The predicted molar refractivity (Wildman–Crippen MR) is 108 cm³/mol. The number of nitrogens with one attached hydrogen (secondary N) is 2. The summed E-state index contributed by atoms with van der Waals surface area (Å²) in [6.07, 6.45) is 1.50. The van der Waals surface area contributed by atoms with E-state index in [0.29, 0.717) is 35.2 Å². The van der Waals surface area contributed by atoms with E-state index in [9.17, 15) is 14.0 Å². The first-order valence-electron chi connectivity index (χ1n) is 8.93. The lowest BCUT2D eigenvalue weighted by Crippen LogP contribution is -2.44. The average molecular weight is 424 g/mol. The minimum Gasteiger partial charge on any atom is -0.351 e. The van der Waals surface area contributed by atoms with Crippen molar-refractivity contribution in [3.05, 3.63) is 63.9 Å². The molecule has 2 aromatic rings. The fourth-order valence-electron chi connectivity index (χ4n) is 3.16. The molecule has 8 heteroatoms. The number of halogens is 3. The Kier molecular flexibility index (Phi) is 6.88. The second-order valence-electron chi connectivity index (χ2n) is 6.65. The van der Waals surface area contributed by atoms with Crippen molar-refractivity contribution in [1.82, 2.24) is 10.2 Å². The molecule has 1 heterocycles. The van der Waals surface area contributed by atoms with E-state index in [1.165, 1.54) is 12.1 Å². The Morgan fingerprint density at radius 3 is 2.61 bits per heavy atom. The molecule has 1 aliphatic heterocycles. The molecule has 1 aliphatic rings. The van der Waals surface area contributed by atoms with Crippen molar-refractivity contribution in [3.63, 3.8) is 0 Å². The fraction of sp³-hybridized carbons (Fsp3) is 0.300. The Balaban J connectivity index is 1.53. The molecule has 2 amide bonds. The number of likely N-dealkylation sites (tertiary alicyclic amines) is 1. The van der Waals surface area contributed by atoms with Crippen molar-refractivity contribution in [1.29, 1.82) is 0 Å². The van der Waals surface area contributed by atoms with E-state index >= 15 is 0 Å². The largest absolute Gasteiger partial charge is 0.351 e. The highest BCUT2D eigenvalue weighted by atomic mass is 35.5. The van der Waals surface area contributed by atoms with Crippen LogP contribution in [0.5, 0.6) is 0 Å². The lowest BCUT2D eigenvalue weighted by molar-refractivity contribution is -0.125. The van der Waals surface area contributed by atoms with Gasteiger partial charge in [-0.1, -0.05) is 35.3 Å². The highest BCUT2D eigenvalue weighted by molar-refractivity contribution is 6.36. The Labute approximate surface area is 172 Å². The summed E-state index contributed by atoms with van der Waals surface area (Å²) in [5.74, 6) is -0.705. The normalized spacial score (nSPS) is 16.8. The SMILES string of the molecule is O=C(CN1CCCC1C(=O)Nc1ccc(Cl)cc1Cl)NCc1ccc(F)cc1. The molecular weight excluding hydrogens is 404 g/mol. The third-order valence-corrected chi connectivity index (χ3v) is 5.15. The summed E-state index contributed by atoms with van der Waals surface area (Å²) < 4.78 is 12.9. The van der Waals surface area contributed by atoms with E-state index in [4.69, 9.17) is 23.2 Å². The maximum absolute atomic E-state index is 12.9. The Bertz CT molecular complexity index is 861. The number of hydrogen-bond acceptors (Lipinski definition) is 3. The van der Waals surface area contributed by atoms with Crippen LogP contribution in [0.4, 0.5) is 10.1 Å². The van der Waals surface area contributed by atoms with Gasteiger partial charge in [-0.2, -0.15) is 0 Å². The van der Waals surface area contributed by atoms with Gasteiger partial charge in [0.15, 0.2) is 0 Å². The molecule has 0 aromatic heterocycles. The maximum Gasteiger partial charge on any atom is 0.241 e. The Morgan fingerprint density at radius 2 is 1.89 bits per heavy atom. The topological polar surface area (TPSA) is 61.4 Å². The number of amides is 2. The van der Waals surface area contributed by atoms with Gasteiger partial charge in [-0.05, 0) is 55.3 Å². The van der Waals surface area contributed by atoms with Crippen LogP contribution < -0.4 is 10.6 Å². The lowest BCUT2D eigenvalue weighted by atomic mass is 10.2. The monoisotopic (exact) mass is 423 g/mol. The molecule has 1 saturated heterocycles. The van der Waals surface area contributed by atoms with Gasteiger partial charge in [-0.15, -0.1) is 0 Å². The number of nitrogens with zero attached hydrogens (tertiary/aromatic N) is 1. The highest BCUT2D eigenvalue weighted by Crippen LogP contribution is 2.26. The third kappa shape index (κ3) is 5.44. The molecule has 1 atom stereocenters. The molecule has 1 unspecified atom stereocenters. The van der Waals surface area contributed by atoms with Crippen LogP contribution in [-0.4, -0.2) is 35.8 Å². The van der Waals surface area contributed by atoms with Gasteiger partial charge in [-0.3, -0.25) is 14.5 Å². The van der Waals surface area contributed by atoms with Crippen molar-refractivity contribution in [2.45, 2.75) is 25.4 Å². The minimum atomic E-state index is -0.400. The van der Waals surface area contributed by atoms with Gasteiger partial charge in [0.1, 0.15) is 5.82 Å². The fourth-order valence-corrected chi connectivity index (χ4v) is 3.62. The number of rotatable bonds is 6. The van der Waals surface area contributed by atoms with Crippen molar-refractivity contribution in [2.75, 3.05) is 18.4 Å². The lowest BCUT2D eigenvalue weighted by Gasteiger charge is -2.23. The molecule has 0 saturated carbocycles.